The van der Waals surface area contributed by atoms with Crippen molar-refractivity contribution in [3.05, 3.63) is 132 Å². The largest absolute Gasteiger partial charge is 0.454 e. The van der Waals surface area contributed by atoms with Crippen LogP contribution in [0.5, 0.6) is 0 Å². The van der Waals surface area contributed by atoms with Gasteiger partial charge in [0.05, 0.1) is 33.2 Å². The fourth-order valence-corrected chi connectivity index (χ4v) is 8.25. The zero-order valence-electron chi connectivity index (χ0n) is 35.7. The summed E-state index contributed by atoms with van der Waals surface area (Å²) >= 11 is 0. The van der Waals surface area contributed by atoms with Gasteiger partial charge < -0.3 is 8.83 Å². The van der Waals surface area contributed by atoms with Crippen LogP contribution in [0, 0.1) is 6.85 Å². The maximum absolute atomic E-state index is 8.69. The Morgan fingerprint density at radius 2 is 1.36 bits per heavy atom. The molecule has 0 spiro atoms. The monoisotopic (exact) mass is 735 g/mol. The lowest BCUT2D eigenvalue weighted by molar-refractivity contribution is 0.412. The molecule has 6 heteroatoms. The van der Waals surface area contributed by atoms with Crippen LogP contribution in [0.4, 0.5) is 0 Å². The third-order valence-corrected chi connectivity index (χ3v) is 11.1. The Kier molecular flexibility index (Phi) is 6.85. The van der Waals surface area contributed by atoms with E-state index < -0.39 is 6.85 Å². The Morgan fingerprint density at radius 3 is 2.09 bits per heavy atom. The van der Waals surface area contributed by atoms with Crippen molar-refractivity contribution in [2.75, 3.05) is 0 Å². The van der Waals surface area contributed by atoms with Crippen molar-refractivity contribution in [1.29, 1.82) is 0 Å². The molecular weight excluding hydrogens is 689 g/mol. The SMILES string of the molecule is [2H]C([2H])([2H])c1ccc(-c2nc3ccc4ccccc4c3n2-c2c(C(C)C)cc(-c3ccccc3)cc2C(C)C)c2oc3cc4c(ccc5nc(C(C)(C)C)oc54)nc3c12. The molecule has 0 saturated heterocycles. The van der Waals surface area contributed by atoms with Crippen molar-refractivity contribution in [2.24, 2.45) is 0 Å². The minimum absolute atomic E-state index is 0.152. The van der Waals surface area contributed by atoms with Crippen LogP contribution in [-0.4, -0.2) is 19.5 Å². The number of hydrogen-bond donors (Lipinski definition) is 0. The third kappa shape index (κ3) is 5.19. The van der Waals surface area contributed by atoms with Crippen molar-refractivity contribution >= 4 is 65.9 Å². The van der Waals surface area contributed by atoms with Gasteiger partial charge in [-0.25, -0.2) is 15.0 Å². The second kappa shape index (κ2) is 12.4. The molecule has 0 unspecified atom stereocenters. The topological polar surface area (TPSA) is 69.9 Å². The average molecular weight is 736 g/mol. The highest BCUT2D eigenvalue weighted by Gasteiger charge is 2.28. The molecule has 0 fully saturated rings. The van der Waals surface area contributed by atoms with E-state index in [9.17, 15) is 0 Å². The number of furan rings is 1. The Hall–Kier alpha value is -6.27. The Bertz CT molecular complexity index is 3280. The highest BCUT2D eigenvalue weighted by molar-refractivity contribution is 6.15. The molecule has 10 aromatic rings. The predicted molar refractivity (Wildman–Crippen MR) is 231 cm³/mol. The van der Waals surface area contributed by atoms with Gasteiger partial charge in [-0.3, -0.25) is 4.57 Å². The first-order chi connectivity index (χ1) is 28.2. The summed E-state index contributed by atoms with van der Waals surface area (Å²) < 4.78 is 41.6. The van der Waals surface area contributed by atoms with Gasteiger partial charge in [-0.15, -0.1) is 0 Å². The summed E-state index contributed by atoms with van der Waals surface area (Å²) in [5, 5.41) is 3.36. The van der Waals surface area contributed by atoms with Gasteiger partial charge in [0, 0.05) is 20.3 Å². The van der Waals surface area contributed by atoms with Crippen molar-refractivity contribution in [1.82, 2.24) is 19.5 Å². The highest BCUT2D eigenvalue weighted by Crippen LogP contribution is 2.45. The van der Waals surface area contributed by atoms with E-state index >= 15 is 0 Å². The summed E-state index contributed by atoms with van der Waals surface area (Å²) in [5.74, 6) is 1.59. The average Bonchev–Trinajstić information content (AvgIpc) is 3.93. The molecule has 0 radical (unpaired) electrons. The van der Waals surface area contributed by atoms with Gasteiger partial charge in [-0.2, -0.15) is 0 Å². The quantitative estimate of drug-likeness (QED) is 0.176. The van der Waals surface area contributed by atoms with Gasteiger partial charge in [0.2, 0.25) is 5.89 Å². The zero-order valence-corrected chi connectivity index (χ0v) is 32.7. The molecule has 6 aromatic carbocycles. The van der Waals surface area contributed by atoms with Crippen LogP contribution in [-0.2, 0) is 5.41 Å². The summed E-state index contributed by atoms with van der Waals surface area (Å²) in [6.45, 7) is 12.7. The first-order valence-corrected chi connectivity index (χ1v) is 19.4. The van der Waals surface area contributed by atoms with Crippen LogP contribution in [0.3, 0.4) is 0 Å². The minimum atomic E-state index is -2.44. The van der Waals surface area contributed by atoms with E-state index in [1.807, 2.05) is 30.3 Å². The number of nitrogens with zero attached hydrogens (tertiary/aromatic N) is 4. The van der Waals surface area contributed by atoms with Gasteiger partial charge in [0.25, 0.3) is 0 Å². The first-order valence-electron chi connectivity index (χ1n) is 20.9. The second-order valence-electron chi connectivity index (χ2n) is 16.7. The number of imidazole rings is 1. The van der Waals surface area contributed by atoms with Crippen molar-refractivity contribution < 1.29 is 12.9 Å². The number of oxazole rings is 1. The summed E-state index contributed by atoms with van der Waals surface area (Å²) in [4.78, 5) is 15.3. The molecule has 0 amide bonds. The number of fused-ring (bicyclic) bond motifs is 9. The molecule has 56 heavy (non-hydrogen) atoms. The van der Waals surface area contributed by atoms with Crippen LogP contribution < -0.4 is 0 Å². The number of benzene rings is 6. The van der Waals surface area contributed by atoms with Crippen LogP contribution in [0.15, 0.2) is 118 Å². The van der Waals surface area contributed by atoms with Crippen LogP contribution in [0.2, 0.25) is 0 Å². The Labute approximate surface area is 330 Å². The number of pyridine rings is 1. The van der Waals surface area contributed by atoms with Gasteiger partial charge in [0.1, 0.15) is 22.4 Å². The van der Waals surface area contributed by atoms with E-state index in [0.29, 0.717) is 50.4 Å². The van der Waals surface area contributed by atoms with Crippen molar-refractivity contribution in [3.63, 3.8) is 0 Å². The van der Waals surface area contributed by atoms with Gasteiger partial charge in [-0.05, 0) is 94.4 Å². The molecule has 0 bridgehead atoms. The summed E-state index contributed by atoms with van der Waals surface area (Å²) in [6, 6.07) is 37.1. The lowest BCUT2D eigenvalue weighted by Crippen LogP contribution is -2.10. The third-order valence-electron chi connectivity index (χ3n) is 11.1. The molecule has 0 atom stereocenters. The number of hydrogen-bond acceptors (Lipinski definition) is 5. The van der Waals surface area contributed by atoms with Crippen LogP contribution in [0.1, 0.15) is 87.0 Å². The lowest BCUT2D eigenvalue weighted by Gasteiger charge is -2.24. The van der Waals surface area contributed by atoms with E-state index in [-0.39, 0.29) is 22.8 Å². The number of aromatic nitrogens is 4. The predicted octanol–water partition coefficient (Wildman–Crippen LogP) is 14.0. The van der Waals surface area contributed by atoms with Gasteiger partial charge in [0.15, 0.2) is 11.2 Å². The fourth-order valence-electron chi connectivity index (χ4n) is 8.25. The maximum atomic E-state index is 8.69. The zero-order chi connectivity index (χ0) is 41.1. The standard InChI is InChI=1S/C50H44N4O2/c1-27(2)35-24-32(30-14-10-9-11-15-30)25-36(28(3)4)44(35)54-45-33-17-13-12-16-31(33)19-21-39(45)52-48(54)34-20-18-29(5)42-43-41(55-47(34)42)26-37-38(51-43)22-23-40-46(37)56-49(53-40)50(6,7)8/h9-28H,1-8H3/i5D3. The molecule has 0 N–H and O–H groups in total. The van der Waals surface area contributed by atoms with Gasteiger partial charge >= 0.3 is 0 Å². The molecule has 276 valence electrons. The molecule has 0 aliphatic carbocycles. The second-order valence-corrected chi connectivity index (χ2v) is 16.7. The van der Waals surface area contributed by atoms with E-state index in [0.717, 1.165) is 49.5 Å². The van der Waals surface area contributed by atoms with Crippen molar-refractivity contribution in [2.45, 2.75) is 72.6 Å². The van der Waals surface area contributed by atoms with E-state index in [1.54, 1.807) is 6.07 Å². The van der Waals surface area contributed by atoms with E-state index in [1.165, 1.54) is 11.1 Å². The summed E-state index contributed by atoms with van der Waals surface area (Å²) in [6.07, 6.45) is 0. The normalized spacial score (nSPS) is 13.6. The number of rotatable bonds is 5. The van der Waals surface area contributed by atoms with Crippen LogP contribution >= 0.6 is 0 Å². The van der Waals surface area contributed by atoms with Crippen molar-refractivity contribution in [3.8, 4) is 28.2 Å². The molecule has 6 nitrogen and oxygen atoms in total. The first kappa shape index (κ1) is 31.0. The molecule has 0 saturated carbocycles. The summed E-state index contributed by atoms with van der Waals surface area (Å²) in [7, 11) is 0. The molecular formula is C50H44N4O2. The smallest absolute Gasteiger partial charge is 0.200 e. The van der Waals surface area contributed by atoms with E-state index in [2.05, 4.69) is 126 Å². The van der Waals surface area contributed by atoms with Gasteiger partial charge in [-0.1, -0.05) is 115 Å². The number of aryl methyl sites for hydroxylation is 1. The Morgan fingerprint density at radius 1 is 0.643 bits per heavy atom. The Balaban J connectivity index is 1.34. The molecule has 4 aromatic heterocycles. The fraction of sp³-hybridized carbons (Fsp3) is 0.220. The molecule has 10 rings (SSSR count). The molecule has 4 heterocycles. The lowest BCUT2D eigenvalue weighted by atomic mass is 9.88. The van der Waals surface area contributed by atoms with E-state index in [4.69, 9.17) is 27.9 Å². The minimum Gasteiger partial charge on any atom is -0.454 e. The molecule has 0 aliphatic heterocycles. The summed E-state index contributed by atoms with van der Waals surface area (Å²) in [5.41, 5.74) is 11.4. The van der Waals surface area contributed by atoms with Crippen LogP contribution in [0.25, 0.3) is 94.1 Å². The highest BCUT2D eigenvalue weighted by atomic mass is 16.4. The maximum Gasteiger partial charge on any atom is 0.200 e. The molecule has 0 aliphatic rings.